The maximum absolute atomic E-state index is 13.4. The normalized spacial score (nSPS) is 13.8. The molecular weight excluding hydrogens is 265 g/mol. The highest BCUT2D eigenvalue weighted by Crippen LogP contribution is 2.37. The summed E-state index contributed by atoms with van der Waals surface area (Å²) in [5, 5.41) is 9.04. The molecule has 0 radical (unpaired) electrons. The van der Waals surface area contributed by atoms with Gasteiger partial charge in [0.15, 0.2) is 18.3 Å². The van der Waals surface area contributed by atoms with Crippen LogP contribution in [0.15, 0.2) is 12.1 Å². The number of nitriles is 1. The van der Waals surface area contributed by atoms with E-state index in [1.54, 1.807) is 7.11 Å². The molecule has 5 nitrogen and oxygen atoms in total. The summed E-state index contributed by atoms with van der Waals surface area (Å²) in [5.41, 5.74) is 0.129. The molecule has 6 heteroatoms. The maximum atomic E-state index is 13.4. The minimum atomic E-state index is -0.545. The van der Waals surface area contributed by atoms with Crippen LogP contribution in [-0.2, 0) is 9.47 Å². The number of halogens is 1. The molecule has 1 fully saturated rings. The van der Waals surface area contributed by atoms with Crippen LogP contribution < -0.4 is 9.47 Å². The van der Waals surface area contributed by atoms with Crippen molar-refractivity contribution in [1.29, 1.82) is 5.26 Å². The van der Waals surface area contributed by atoms with Crippen molar-refractivity contribution in [3.05, 3.63) is 23.5 Å². The van der Waals surface area contributed by atoms with E-state index >= 15 is 0 Å². The average molecular weight is 281 g/mol. The monoisotopic (exact) mass is 281 g/mol. The molecule has 1 saturated carbocycles. The summed E-state index contributed by atoms with van der Waals surface area (Å²) in [4.78, 5) is 0. The number of ether oxygens (including phenoxy) is 4. The molecule has 1 aliphatic rings. The van der Waals surface area contributed by atoms with Crippen LogP contribution in [0, 0.1) is 17.1 Å². The summed E-state index contributed by atoms with van der Waals surface area (Å²) in [6.45, 7) is 0.760. The Morgan fingerprint density at radius 3 is 2.80 bits per heavy atom. The van der Waals surface area contributed by atoms with Gasteiger partial charge < -0.3 is 18.9 Å². The molecule has 0 heterocycles. The van der Waals surface area contributed by atoms with E-state index in [-0.39, 0.29) is 30.0 Å². The summed E-state index contributed by atoms with van der Waals surface area (Å²) < 4.78 is 34.4. The largest absolute Gasteiger partial charge is 0.485 e. The van der Waals surface area contributed by atoms with Crippen LogP contribution in [0.4, 0.5) is 4.39 Å². The summed E-state index contributed by atoms with van der Waals surface area (Å²) in [6.07, 6.45) is 1.96. The molecule has 20 heavy (non-hydrogen) atoms. The van der Waals surface area contributed by atoms with Gasteiger partial charge in [-0.3, -0.25) is 0 Å². The van der Waals surface area contributed by atoms with Crippen molar-refractivity contribution in [3.63, 3.8) is 0 Å². The summed E-state index contributed by atoms with van der Waals surface area (Å²) >= 11 is 0. The lowest BCUT2D eigenvalue weighted by molar-refractivity contribution is -0.00991. The average Bonchev–Trinajstić information content (AvgIpc) is 3.25. The molecule has 0 N–H and O–H groups in total. The van der Waals surface area contributed by atoms with Crippen LogP contribution in [0.2, 0.25) is 0 Å². The van der Waals surface area contributed by atoms with Gasteiger partial charge in [-0.25, -0.2) is 4.39 Å². The van der Waals surface area contributed by atoms with Crippen LogP contribution in [-0.4, -0.2) is 33.2 Å². The Morgan fingerprint density at radius 2 is 2.15 bits per heavy atom. The zero-order valence-electron chi connectivity index (χ0n) is 11.2. The molecule has 0 aliphatic heterocycles. The van der Waals surface area contributed by atoms with Crippen molar-refractivity contribution in [2.24, 2.45) is 0 Å². The van der Waals surface area contributed by atoms with Gasteiger partial charge >= 0.3 is 0 Å². The minimum absolute atomic E-state index is 0.0568. The highest BCUT2D eigenvalue weighted by molar-refractivity contribution is 5.53. The van der Waals surface area contributed by atoms with Crippen molar-refractivity contribution in [3.8, 4) is 17.6 Å². The van der Waals surface area contributed by atoms with Crippen molar-refractivity contribution in [2.45, 2.75) is 18.9 Å². The number of hydrogen-bond acceptors (Lipinski definition) is 5. The zero-order valence-corrected chi connectivity index (χ0v) is 11.2. The van der Waals surface area contributed by atoms with Gasteiger partial charge in [0.2, 0.25) is 0 Å². The molecule has 2 rings (SSSR count). The van der Waals surface area contributed by atoms with E-state index in [0.29, 0.717) is 13.2 Å². The number of benzene rings is 1. The van der Waals surface area contributed by atoms with Gasteiger partial charge in [0, 0.05) is 13.2 Å². The Bertz CT molecular complexity index is 497. The topological polar surface area (TPSA) is 60.7 Å². The lowest BCUT2D eigenvalue weighted by Crippen LogP contribution is -2.09. The summed E-state index contributed by atoms with van der Waals surface area (Å²) in [7, 11) is 1.57. The Hall–Kier alpha value is -1.84. The third-order valence-corrected chi connectivity index (χ3v) is 2.68. The molecule has 1 aromatic rings. The van der Waals surface area contributed by atoms with Crippen molar-refractivity contribution in [1.82, 2.24) is 0 Å². The Kier molecular flexibility index (Phi) is 5.16. The van der Waals surface area contributed by atoms with Gasteiger partial charge in [-0.15, -0.1) is 0 Å². The number of rotatable bonds is 8. The fraction of sp³-hybridized carbons (Fsp3) is 0.500. The Balaban J connectivity index is 2.04. The second-order valence-electron chi connectivity index (χ2n) is 4.37. The molecule has 1 aromatic carbocycles. The third-order valence-electron chi connectivity index (χ3n) is 2.68. The lowest BCUT2D eigenvalue weighted by Gasteiger charge is -2.14. The Labute approximate surface area is 116 Å². The van der Waals surface area contributed by atoms with E-state index in [0.717, 1.165) is 18.9 Å². The fourth-order valence-corrected chi connectivity index (χ4v) is 1.54. The second-order valence-corrected chi connectivity index (χ2v) is 4.37. The Morgan fingerprint density at radius 1 is 1.35 bits per heavy atom. The van der Waals surface area contributed by atoms with E-state index in [1.807, 2.05) is 6.07 Å². The predicted octanol–water partition coefficient (Wildman–Crippen LogP) is 2.24. The first kappa shape index (κ1) is 14.6. The standard InChI is InChI=1S/C14H16FNO4/c1-17-4-5-18-9-19-13-7-11(15)6-10(8-16)14(13)20-12-2-3-12/h6-7,12H,2-5,9H2,1H3. The smallest absolute Gasteiger partial charge is 0.189 e. The maximum Gasteiger partial charge on any atom is 0.189 e. The molecule has 0 amide bonds. The van der Waals surface area contributed by atoms with Crippen LogP contribution >= 0.6 is 0 Å². The molecule has 0 bridgehead atoms. The van der Waals surface area contributed by atoms with E-state index < -0.39 is 5.82 Å². The van der Waals surface area contributed by atoms with Gasteiger partial charge in [0.05, 0.1) is 19.3 Å². The molecule has 0 saturated heterocycles. The molecule has 0 atom stereocenters. The van der Waals surface area contributed by atoms with Gasteiger partial charge in [-0.2, -0.15) is 5.26 Å². The summed E-state index contributed by atoms with van der Waals surface area (Å²) in [6, 6.07) is 4.24. The number of methoxy groups -OCH3 is 1. The minimum Gasteiger partial charge on any atom is -0.485 e. The van der Waals surface area contributed by atoms with E-state index in [4.69, 9.17) is 24.2 Å². The molecule has 0 aromatic heterocycles. The van der Waals surface area contributed by atoms with Gasteiger partial charge in [-0.1, -0.05) is 0 Å². The zero-order chi connectivity index (χ0) is 14.4. The second kappa shape index (κ2) is 7.08. The molecular formula is C14H16FNO4. The first-order valence-corrected chi connectivity index (χ1v) is 6.34. The van der Waals surface area contributed by atoms with Gasteiger partial charge in [-0.05, 0) is 18.9 Å². The molecule has 1 aliphatic carbocycles. The quantitative estimate of drug-likeness (QED) is 0.540. The van der Waals surface area contributed by atoms with Crippen molar-refractivity contribution >= 4 is 0 Å². The number of hydrogen-bond donors (Lipinski definition) is 0. The summed E-state index contributed by atoms with van der Waals surface area (Å²) in [5.74, 6) is -0.0748. The van der Waals surface area contributed by atoms with E-state index in [9.17, 15) is 4.39 Å². The SMILES string of the molecule is COCCOCOc1cc(F)cc(C#N)c1OC1CC1. The molecule has 0 spiro atoms. The first-order valence-electron chi connectivity index (χ1n) is 6.34. The molecule has 108 valence electrons. The van der Waals surface area contributed by atoms with Crippen LogP contribution in [0.1, 0.15) is 18.4 Å². The highest BCUT2D eigenvalue weighted by atomic mass is 19.1. The van der Waals surface area contributed by atoms with Gasteiger partial charge in [0.1, 0.15) is 17.4 Å². The highest BCUT2D eigenvalue weighted by Gasteiger charge is 2.27. The first-order chi connectivity index (χ1) is 9.74. The fourth-order valence-electron chi connectivity index (χ4n) is 1.54. The predicted molar refractivity (Wildman–Crippen MR) is 68.1 cm³/mol. The third kappa shape index (κ3) is 4.08. The van der Waals surface area contributed by atoms with Crippen molar-refractivity contribution in [2.75, 3.05) is 27.1 Å². The molecule has 0 unspecified atom stereocenters. The van der Waals surface area contributed by atoms with Crippen molar-refractivity contribution < 1.29 is 23.3 Å². The van der Waals surface area contributed by atoms with E-state index in [1.165, 1.54) is 6.07 Å². The van der Waals surface area contributed by atoms with Crippen LogP contribution in [0.25, 0.3) is 0 Å². The van der Waals surface area contributed by atoms with Crippen LogP contribution in [0.5, 0.6) is 11.5 Å². The van der Waals surface area contributed by atoms with Gasteiger partial charge in [0.25, 0.3) is 0 Å². The van der Waals surface area contributed by atoms with E-state index in [2.05, 4.69) is 0 Å². The number of nitrogens with zero attached hydrogens (tertiary/aromatic N) is 1. The van der Waals surface area contributed by atoms with Crippen LogP contribution in [0.3, 0.4) is 0 Å². The lowest BCUT2D eigenvalue weighted by atomic mass is 10.2.